The number of aromatic nitrogens is 2. The van der Waals surface area contributed by atoms with Crippen LogP contribution < -0.4 is 5.32 Å². The van der Waals surface area contributed by atoms with E-state index in [0.29, 0.717) is 22.7 Å². The minimum atomic E-state index is -0.360. The van der Waals surface area contributed by atoms with Gasteiger partial charge >= 0.3 is 0 Å². The molecule has 24 heavy (non-hydrogen) atoms. The second-order valence-electron chi connectivity index (χ2n) is 6.27. The Labute approximate surface area is 141 Å². The summed E-state index contributed by atoms with van der Waals surface area (Å²) >= 11 is 0. The Morgan fingerprint density at radius 1 is 1.38 bits per heavy atom. The van der Waals surface area contributed by atoms with Crippen LogP contribution in [-0.4, -0.2) is 47.7 Å². The average molecular weight is 330 g/mol. The molecule has 1 aliphatic heterocycles. The number of hydrogen-bond acceptors (Lipinski definition) is 3. The molecule has 5 nitrogen and oxygen atoms in total. The highest BCUT2D eigenvalue weighted by molar-refractivity contribution is 5.99. The van der Waals surface area contributed by atoms with Crippen LogP contribution in [0.3, 0.4) is 0 Å². The SMILES string of the molecule is CNCCC1CCN(C(=O)c2cn[nH]c2-c2ccccc2F)CC1. The smallest absolute Gasteiger partial charge is 0.257 e. The van der Waals surface area contributed by atoms with E-state index in [4.69, 9.17) is 0 Å². The third-order valence-corrected chi connectivity index (χ3v) is 4.72. The van der Waals surface area contributed by atoms with E-state index in [9.17, 15) is 9.18 Å². The molecule has 2 N–H and O–H groups in total. The topological polar surface area (TPSA) is 61.0 Å². The lowest BCUT2D eigenvalue weighted by molar-refractivity contribution is 0.0688. The van der Waals surface area contributed by atoms with Gasteiger partial charge in [0.1, 0.15) is 5.82 Å². The molecule has 1 saturated heterocycles. The molecule has 3 rings (SSSR count). The number of carbonyl (C=O) groups excluding carboxylic acids is 1. The summed E-state index contributed by atoms with van der Waals surface area (Å²) in [5, 5.41) is 9.91. The number of amides is 1. The summed E-state index contributed by atoms with van der Waals surface area (Å²) in [6, 6.07) is 6.43. The normalized spacial score (nSPS) is 15.7. The summed E-state index contributed by atoms with van der Waals surface area (Å²) in [6.07, 6.45) is 4.67. The Kier molecular flexibility index (Phi) is 5.25. The molecule has 1 aliphatic rings. The van der Waals surface area contributed by atoms with Gasteiger partial charge < -0.3 is 10.2 Å². The zero-order chi connectivity index (χ0) is 16.9. The number of hydrogen-bond donors (Lipinski definition) is 2. The molecule has 0 atom stereocenters. The summed E-state index contributed by atoms with van der Waals surface area (Å²) in [4.78, 5) is 14.7. The van der Waals surface area contributed by atoms with E-state index >= 15 is 0 Å². The molecule has 128 valence electrons. The molecule has 0 bridgehead atoms. The van der Waals surface area contributed by atoms with Gasteiger partial charge in [-0.2, -0.15) is 5.10 Å². The third-order valence-electron chi connectivity index (χ3n) is 4.72. The molecule has 1 aromatic heterocycles. The minimum absolute atomic E-state index is 0.0749. The highest BCUT2D eigenvalue weighted by atomic mass is 19.1. The Bertz CT molecular complexity index is 692. The zero-order valence-electron chi connectivity index (χ0n) is 13.9. The molecule has 6 heteroatoms. The molecule has 0 unspecified atom stereocenters. The van der Waals surface area contributed by atoms with Gasteiger partial charge in [0.15, 0.2) is 0 Å². The number of carbonyl (C=O) groups is 1. The Balaban J connectivity index is 1.71. The lowest BCUT2D eigenvalue weighted by atomic mass is 9.93. The third kappa shape index (κ3) is 3.48. The van der Waals surface area contributed by atoms with Crippen molar-refractivity contribution in [3.05, 3.63) is 41.8 Å². The Hall–Kier alpha value is -2.21. The van der Waals surface area contributed by atoms with Crippen molar-refractivity contribution in [1.29, 1.82) is 0 Å². The quantitative estimate of drug-likeness (QED) is 0.886. The number of H-pyrrole nitrogens is 1. The number of nitrogens with zero attached hydrogens (tertiary/aromatic N) is 2. The van der Waals surface area contributed by atoms with E-state index < -0.39 is 0 Å². The van der Waals surface area contributed by atoms with E-state index in [0.717, 1.165) is 38.9 Å². The van der Waals surface area contributed by atoms with Crippen LogP contribution in [0.25, 0.3) is 11.3 Å². The van der Waals surface area contributed by atoms with E-state index in [-0.39, 0.29) is 11.7 Å². The van der Waals surface area contributed by atoms with Crippen molar-refractivity contribution >= 4 is 5.91 Å². The molecule has 0 aliphatic carbocycles. The Morgan fingerprint density at radius 2 is 2.12 bits per heavy atom. The van der Waals surface area contributed by atoms with Crippen LogP contribution >= 0.6 is 0 Å². The fraction of sp³-hybridized carbons (Fsp3) is 0.444. The van der Waals surface area contributed by atoms with Crippen molar-refractivity contribution in [3.8, 4) is 11.3 Å². The number of nitrogens with one attached hydrogen (secondary N) is 2. The van der Waals surface area contributed by atoms with E-state index in [1.165, 1.54) is 12.3 Å². The maximum Gasteiger partial charge on any atom is 0.257 e. The summed E-state index contributed by atoms with van der Waals surface area (Å²) in [6.45, 7) is 2.50. The maximum absolute atomic E-state index is 14.0. The molecule has 0 spiro atoms. The second kappa shape index (κ2) is 7.57. The van der Waals surface area contributed by atoms with Crippen LogP contribution in [0.1, 0.15) is 29.6 Å². The van der Waals surface area contributed by atoms with Gasteiger partial charge in [0, 0.05) is 18.7 Å². The lowest BCUT2D eigenvalue weighted by Crippen LogP contribution is -2.39. The van der Waals surface area contributed by atoms with Gasteiger partial charge in [0.05, 0.1) is 17.5 Å². The molecular weight excluding hydrogens is 307 g/mol. The molecule has 2 heterocycles. The van der Waals surface area contributed by atoms with Crippen LogP contribution in [0, 0.1) is 11.7 Å². The number of halogens is 1. The number of aromatic amines is 1. The van der Waals surface area contributed by atoms with Crippen molar-refractivity contribution in [2.24, 2.45) is 5.92 Å². The van der Waals surface area contributed by atoms with Gasteiger partial charge in [-0.25, -0.2) is 4.39 Å². The number of rotatable bonds is 5. The fourth-order valence-electron chi connectivity index (χ4n) is 3.26. The molecule has 0 radical (unpaired) electrons. The van der Waals surface area contributed by atoms with Crippen molar-refractivity contribution < 1.29 is 9.18 Å². The molecule has 1 aromatic carbocycles. The summed E-state index contributed by atoms with van der Waals surface area (Å²) in [5.74, 6) is 0.229. The number of benzene rings is 1. The highest BCUT2D eigenvalue weighted by Crippen LogP contribution is 2.27. The molecule has 2 aromatic rings. The minimum Gasteiger partial charge on any atom is -0.339 e. The van der Waals surface area contributed by atoms with Crippen molar-refractivity contribution in [2.75, 3.05) is 26.7 Å². The molecule has 1 fully saturated rings. The highest BCUT2D eigenvalue weighted by Gasteiger charge is 2.26. The van der Waals surface area contributed by atoms with Gasteiger partial charge in [0.2, 0.25) is 0 Å². The monoisotopic (exact) mass is 330 g/mol. The zero-order valence-corrected chi connectivity index (χ0v) is 13.9. The first kappa shape index (κ1) is 16.6. The molecule has 0 saturated carbocycles. The Morgan fingerprint density at radius 3 is 2.83 bits per heavy atom. The van der Waals surface area contributed by atoms with E-state index in [2.05, 4.69) is 15.5 Å². The summed E-state index contributed by atoms with van der Waals surface area (Å²) in [5.41, 5.74) is 1.27. The van der Waals surface area contributed by atoms with Gasteiger partial charge in [0.25, 0.3) is 5.91 Å². The number of likely N-dealkylation sites (tertiary alicyclic amines) is 1. The second-order valence-corrected chi connectivity index (χ2v) is 6.27. The summed E-state index contributed by atoms with van der Waals surface area (Å²) in [7, 11) is 1.96. The standard InChI is InChI=1S/C18H23FN4O/c1-20-9-6-13-7-10-23(11-8-13)18(24)15-12-21-22-17(15)14-4-2-3-5-16(14)19/h2-5,12-13,20H,6-11H2,1H3,(H,21,22). The van der Waals surface area contributed by atoms with Crippen LogP contribution in [0.4, 0.5) is 4.39 Å². The predicted octanol–water partition coefficient (Wildman–Crippen LogP) is 2.68. The average Bonchev–Trinajstić information content (AvgIpc) is 3.09. The van der Waals surface area contributed by atoms with E-state index in [1.54, 1.807) is 18.2 Å². The molecule has 1 amide bonds. The number of piperidine rings is 1. The van der Waals surface area contributed by atoms with Crippen LogP contribution in [-0.2, 0) is 0 Å². The first-order valence-electron chi connectivity index (χ1n) is 8.43. The first-order valence-corrected chi connectivity index (χ1v) is 8.43. The lowest BCUT2D eigenvalue weighted by Gasteiger charge is -2.32. The largest absolute Gasteiger partial charge is 0.339 e. The molecular formula is C18H23FN4O. The van der Waals surface area contributed by atoms with Crippen molar-refractivity contribution in [3.63, 3.8) is 0 Å². The summed E-state index contributed by atoms with van der Waals surface area (Å²) < 4.78 is 14.0. The van der Waals surface area contributed by atoms with Crippen molar-refractivity contribution in [2.45, 2.75) is 19.3 Å². The van der Waals surface area contributed by atoms with Gasteiger partial charge in [-0.1, -0.05) is 12.1 Å². The van der Waals surface area contributed by atoms with Crippen LogP contribution in [0.2, 0.25) is 0 Å². The van der Waals surface area contributed by atoms with Gasteiger partial charge in [-0.15, -0.1) is 0 Å². The van der Waals surface area contributed by atoms with E-state index in [1.807, 2.05) is 11.9 Å². The maximum atomic E-state index is 14.0. The van der Waals surface area contributed by atoms with Crippen LogP contribution in [0.15, 0.2) is 30.5 Å². The van der Waals surface area contributed by atoms with Crippen molar-refractivity contribution in [1.82, 2.24) is 20.4 Å². The fourth-order valence-corrected chi connectivity index (χ4v) is 3.26. The predicted molar refractivity (Wildman–Crippen MR) is 91.2 cm³/mol. The first-order chi connectivity index (χ1) is 11.7. The van der Waals surface area contributed by atoms with Crippen LogP contribution in [0.5, 0.6) is 0 Å². The van der Waals surface area contributed by atoms with Gasteiger partial charge in [-0.05, 0) is 50.9 Å². The van der Waals surface area contributed by atoms with Gasteiger partial charge in [-0.3, -0.25) is 9.89 Å².